The van der Waals surface area contributed by atoms with Gasteiger partial charge >= 0.3 is 0 Å². The molecule has 5 nitrogen and oxygen atoms in total. The van der Waals surface area contributed by atoms with Crippen LogP contribution in [0.3, 0.4) is 0 Å². The number of rotatable bonds is 7. The van der Waals surface area contributed by atoms with Crippen molar-refractivity contribution in [2.75, 3.05) is 10.5 Å². The van der Waals surface area contributed by atoms with Gasteiger partial charge in [0.15, 0.2) is 5.82 Å². The van der Waals surface area contributed by atoms with Crippen LogP contribution in [0.2, 0.25) is 5.02 Å². The largest absolute Gasteiger partial charge is 0.265 e. The number of unbranched alkanes of at least 4 members (excludes halogenated alkanes) is 1. The van der Waals surface area contributed by atoms with Gasteiger partial charge in [-0.25, -0.2) is 8.42 Å². The Morgan fingerprint density at radius 3 is 2.67 bits per heavy atom. The van der Waals surface area contributed by atoms with Crippen molar-refractivity contribution in [3.63, 3.8) is 0 Å². The Hall–Kier alpha value is -1.53. The Kier molecular flexibility index (Phi) is 5.25. The number of anilines is 1. The van der Waals surface area contributed by atoms with Gasteiger partial charge in [0.2, 0.25) is 10.0 Å². The Labute approximate surface area is 130 Å². The topological polar surface area (TPSA) is 64.0 Å². The normalized spacial score (nSPS) is 11.5. The minimum Gasteiger partial charge on any atom is -0.265 e. The molecule has 0 amide bonds. The molecule has 2 rings (SSSR count). The van der Waals surface area contributed by atoms with Gasteiger partial charge in [-0.15, -0.1) is 0 Å². The highest BCUT2D eigenvalue weighted by Crippen LogP contribution is 2.21. The average Bonchev–Trinajstić information content (AvgIpc) is 2.77. The van der Waals surface area contributed by atoms with Crippen LogP contribution in [0.4, 0.5) is 5.82 Å². The van der Waals surface area contributed by atoms with Crippen molar-refractivity contribution in [1.29, 1.82) is 0 Å². The first-order valence-electron chi connectivity index (χ1n) is 6.77. The number of hydrogen-bond acceptors (Lipinski definition) is 3. The summed E-state index contributed by atoms with van der Waals surface area (Å²) in [5.74, 6) is 0.259. The van der Waals surface area contributed by atoms with E-state index in [1.54, 1.807) is 10.9 Å². The number of hydrogen-bond donors (Lipinski definition) is 1. The third kappa shape index (κ3) is 4.75. The summed E-state index contributed by atoms with van der Waals surface area (Å²) < 4.78 is 27.8. The van der Waals surface area contributed by atoms with Crippen molar-refractivity contribution in [2.24, 2.45) is 0 Å². The predicted molar refractivity (Wildman–Crippen MR) is 85.1 cm³/mol. The van der Waals surface area contributed by atoms with E-state index in [4.69, 9.17) is 11.6 Å². The second-order valence-electron chi connectivity index (χ2n) is 4.78. The summed E-state index contributed by atoms with van der Waals surface area (Å²) in [6.45, 7) is 2.48. The molecule has 0 aliphatic carbocycles. The van der Waals surface area contributed by atoms with Crippen molar-refractivity contribution in [3.8, 4) is 0 Å². The highest BCUT2D eigenvalue weighted by Gasteiger charge is 2.15. The Balaban J connectivity index is 2.09. The van der Waals surface area contributed by atoms with Crippen LogP contribution in [0.1, 0.15) is 25.3 Å². The summed E-state index contributed by atoms with van der Waals surface area (Å²) in [6, 6.07) is 9.76. The first-order chi connectivity index (χ1) is 10.00. The zero-order chi connectivity index (χ0) is 15.3. The predicted octanol–water partition coefficient (Wildman–Crippen LogP) is 3.13. The van der Waals surface area contributed by atoms with Crippen LogP contribution in [0.5, 0.6) is 0 Å². The lowest BCUT2D eigenvalue weighted by Crippen LogP contribution is -2.17. The fourth-order valence-electron chi connectivity index (χ4n) is 1.85. The molecule has 0 spiro atoms. The van der Waals surface area contributed by atoms with Crippen molar-refractivity contribution >= 4 is 27.4 Å². The van der Waals surface area contributed by atoms with Gasteiger partial charge < -0.3 is 0 Å². The molecule has 0 saturated heterocycles. The molecular formula is C14H18ClN3O2S. The van der Waals surface area contributed by atoms with Crippen LogP contribution < -0.4 is 4.72 Å². The molecule has 1 aromatic carbocycles. The monoisotopic (exact) mass is 327 g/mol. The summed E-state index contributed by atoms with van der Waals surface area (Å²) >= 11 is 6.04. The standard InChI is InChI=1S/C14H18ClN3O2S/c1-2-3-9-21(19,20)17-14-13(15)11-18(16-14)10-12-7-5-4-6-8-12/h4-8,11H,2-3,9-10H2,1H3,(H,16,17). The molecule has 114 valence electrons. The van der Waals surface area contributed by atoms with E-state index in [1.807, 2.05) is 37.3 Å². The van der Waals surface area contributed by atoms with Crippen LogP contribution in [0.15, 0.2) is 36.5 Å². The second-order valence-corrected chi connectivity index (χ2v) is 7.03. The Morgan fingerprint density at radius 1 is 1.29 bits per heavy atom. The lowest BCUT2D eigenvalue weighted by Gasteiger charge is -2.05. The molecular weight excluding hydrogens is 310 g/mol. The first kappa shape index (κ1) is 15.9. The molecule has 0 bridgehead atoms. The summed E-state index contributed by atoms with van der Waals surface area (Å²) in [7, 11) is -3.39. The van der Waals surface area contributed by atoms with Crippen molar-refractivity contribution in [3.05, 3.63) is 47.1 Å². The van der Waals surface area contributed by atoms with E-state index in [-0.39, 0.29) is 11.6 Å². The molecule has 0 aliphatic heterocycles. The number of aromatic nitrogens is 2. The van der Waals surface area contributed by atoms with Gasteiger partial charge in [0.1, 0.15) is 5.02 Å². The van der Waals surface area contributed by atoms with Gasteiger partial charge in [-0.1, -0.05) is 55.3 Å². The number of benzene rings is 1. The van der Waals surface area contributed by atoms with Crippen LogP contribution in [-0.2, 0) is 16.6 Å². The summed E-state index contributed by atoms with van der Waals surface area (Å²) in [6.07, 6.45) is 3.04. The fraction of sp³-hybridized carbons (Fsp3) is 0.357. The molecule has 7 heteroatoms. The van der Waals surface area contributed by atoms with Gasteiger partial charge in [0.05, 0.1) is 12.3 Å². The Bertz CT molecular complexity index is 683. The smallest absolute Gasteiger partial charge is 0.233 e. The van der Waals surface area contributed by atoms with Crippen LogP contribution in [-0.4, -0.2) is 24.0 Å². The third-order valence-electron chi connectivity index (χ3n) is 2.92. The molecule has 0 unspecified atom stereocenters. The highest BCUT2D eigenvalue weighted by atomic mass is 35.5. The Morgan fingerprint density at radius 2 is 2.00 bits per heavy atom. The van der Waals surface area contributed by atoms with Gasteiger partial charge in [0, 0.05) is 6.20 Å². The maximum atomic E-state index is 11.9. The lowest BCUT2D eigenvalue weighted by molar-refractivity contribution is 0.597. The quantitative estimate of drug-likeness (QED) is 0.849. The summed E-state index contributed by atoms with van der Waals surface area (Å²) in [5.41, 5.74) is 1.07. The molecule has 21 heavy (non-hydrogen) atoms. The molecule has 1 aromatic heterocycles. The molecule has 1 N–H and O–H groups in total. The summed E-state index contributed by atoms with van der Waals surface area (Å²) in [5, 5.41) is 4.49. The van der Waals surface area contributed by atoms with Gasteiger partial charge in [-0.3, -0.25) is 9.40 Å². The third-order valence-corrected chi connectivity index (χ3v) is 4.53. The van der Waals surface area contributed by atoms with Crippen molar-refractivity contribution < 1.29 is 8.42 Å². The maximum Gasteiger partial charge on any atom is 0.233 e. The molecule has 0 aliphatic rings. The molecule has 2 aromatic rings. The van der Waals surface area contributed by atoms with E-state index in [9.17, 15) is 8.42 Å². The SMILES string of the molecule is CCCCS(=O)(=O)Nc1nn(Cc2ccccc2)cc1Cl. The van der Waals surface area contributed by atoms with E-state index in [2.05, 4.69) is 9.82 Å². The highest BCUT2D eigenvalue weighted by molar-refractivity contribution is 7.92. The number of sulfonamides is 1. The molecule has 1 heterocycles. The number of nitrogens with zero attached hydrogens (tertiary/aromatic N) is 2. The van der Waals surface area contributed by atoms with E-state index >= 15 is 0 Å². The molecule has 0 fully saturated rings. The minimum absolute atomic E-state index is 0.0748. The van der Waals surface area contributed by atoms with Crippen LogP contribution in [0.25, 0.3) is 0 Å². The van der Waals surface area contributed by atoms with Gasteiger partial charge in [0.25, 0.3) is 0 Å². The minimum atomic E-state index is -3.39. The van der Waals surface area contributed by atoms with Crippen LogP contribution in [0, 0.1) is 0 Å². The first-order valence-corrected chi connectivity index (χ1v) is 8.80. The molecule has 0 atom stereocenters. The van der Waals surface area contributed by atoms with Crippen molar-refractivity contribution in [2.45, 2.75) is 26.3 Å². The summed E-state index contributed by atoms with van der Waals surface area (Å²) in [4.78, 5) is 0. The van der Waals surface area contributed by atoms with E-state index in [0.717, 1.165) is 12.0 Å². The lowest BCUT2D eigenvalue weighted by atomic mass is 10.2. The second kappa shape index (κ2) is 6.95. The van der Waals surface area contributed by atoms with E-state index < -0.39 is 10.0 Å². The zero-order valence-corrected chi connectivity index (χ0v) is 13.4. The van der Waals surface area contributed by atoms with Crippen molar-refractivity contribution in [1.82, 2.24) is 9.78 Å². The number of halogens is 1. The van der Waals surface area contributed by atoms with E-state index in [1.165, 1.54) is 0 Å². The zero-order valence-electron chi connectivity index (χ0n) is 11.8. The van der Waals surface area contributed by atoms with Gasteiger partial charge in [-0.05, 0) is 12.0 Å². The molecule has 0 saturated carbocycles. The molecule has 0 radical (unpaired) electrons. The number of nitrogens with one attached hydrogen (secondary N) is 1. The van der Waals surface area contributed by atoms with E-state index in [0.29, 0.717) is 18.0 Å². The fourth-order valence-corrected chi connectivity index (χ4v) is 3.32. The average molecular weight is 328 g/mol. The van der Waals surface area contributed by atoms with Gasteiger partial charge in [-0.2, -0.15) is 5.10 Å². The maximum absolute atomic E-state index is 11.9. The van der Waals surface area contributed by atoms with Crippen LogP contribution >= 0.6 is 11.6 Å².